The molecule has 254 valence electrons. The number of fused-ring (bicyclic) bond motifs is 1. The quantitative estimate of drug-likeness (QED) is 0.347. The van der Waals surface area contributed by atoms with E-state index in [1.54, 1.807) is 31.2 Å². The van der Waals surface area contributed by atoms with Gasteiger partial charge in [0.15, 0.2) is 9.84 Å². The zero-order chi connectivity index (χ0) is 33.2. The number of halogens is 5. The average Bonchev–Trinajstić information content (AvgIpc) is 3.58. The van der Waals surface area contributed by atoms with Crippen molar-refractivity contribution in [2.24, 2.45) is 11.7 Å². The van der Waals surface area contributed by atoms with E-state index in [1.807, 2.05) is 4.90 Å². The Bertz CT molecular complexity index is 1500. The topological polar surface area (TPSA) is 105 Å². The Morgan fingerprint density at radius 1 is 1.07 bits per heavy atom. The van der Waals surface area contributed by atoms with E-state index in [2.05, 4.69) is 4.90 Å². The zero-order valence-corrected chi connectivity index (χ0v) is 27.8. The molecule has 2 aromatic rings. The standard InChI is InChI=1S/C31H39Cl2F3N4O5S/c1-20-17-39(9-10-40(20)30(41)31(34,35)36)28-16-25-26(14-22(32)15-27(25)33)29(28)45-23-2-4-24(5-3-23)46(42,43)19-21-6-8-38(18-21)11-13-44-12-7-37/h2-5,14-15,20-21,28-29H,6-13,16-19,37H2,1H3/t20-,21+,28+,29+/m1/s1. The maximum atomic E-state index is 13.3. The molecule has 1 aliphatic carbocycles. The van der Waals surface area contributed by atoms with Gasteiger partial charge in [0.2, 0.25) is 0 Å². The Balaban J connectivity index is 1.27. The molecule has 3 aliphatic rings. The molecule has 2 aliphatic heterocycles. The van der Waals surface area contributed by atoms with Crippen molar-refractivity contribution in [3.05, 3.63) is 57.6 Å². The highest BCUT2D eigenvalue weighted by Crippen LogP contribution is 2.43. The number of hydrogen-bond donors (Lipinski definition) is 1. The number of amides is 1. The first-order valence-electron chi connectivity index (χ1n) is 15.4. The molecule has 4 atom stereocenters. The molecular formula is C31H39Cl2F3N4O5S. The van der Waals surface area contributed by atoms with Crippen LogP contribution in [0.4, 0.5) is 13.2 Å². The second-order valence-electron chi connectivity index (χ2n) is 12.2. The first-order valence-corrected chi connectivity index (χ1v) is 17.8. The highest BCUT2D eigenvalue weighted by atomic mass is 35.5. The molecular weight excluding hydrogens is 668 g/mol. The van der Waals surface area contributed by atoms with Crippen LogP contribution in [0.15, 0.2) is 41.3 Å². The Morgan fingerprint density at radius 2 is 1.80 bits per heavy atom. The van der Waals surface area contributed by atoms with E-state index in [1.165, 1.54) is 12.1 Å². The smallest absolute Gasteiger partial charge is 0.471 e. The number of hydrogen-bond acceptors (Lipinski definition) is 8. The molecule has 2 N–H and O–H groups in total. The summed E-state index contributed by atoms with van der Waals surface area (Å²) in [5.41, 5.74) is 7.05. The third-order valence-electron chi connectivity index (χ3n) is 8.98. The van der Waals surface area contributed by atoms with Gasteiger partial charge in [-0.3, -0.25) is 9.69 Å². The second kappa shape index (κ2) is 14.6. The molecule has 2 saturated heterocycles. The Labute approximate surface area is 277 Å². The van der Waals surface area contributed by atoms with Crippen molar-refractivity contribution in [2.45, 2.75) is 49.0 Å². The molecule has 2 heterocycles. The molecule has 1 amide bonds. The molecule has 5 rings (SSSR count). The van der Waals surface area contributed by atoms with Crippen LogP contribution < -0.4 is 10.5 Å². The summed E-state index contributed by atoms with van der Waals surface area (Å²) in [6.07, 6.45) is -4.25. The highest BCUT2D eigenvalue weighted by molar-refractivity contribution is 7.91. The van der Waals surface area contributed by atoms with Gasteiger partial charge in [0.05, 0.1) is 29.9 Å². The number of alkyl halides is 3. The minimum Gasteiger partial charge on any atom is -0.484 e. The van der Waals surface area contributed by atoms with E-state index in [0.29, 0.717) is 48.5 Å². The molecule has 0 bridgehead atoms. The van der Waals surface area contributed by atoms with E-state index < -0.39 is 34.1 Å². The largest absolute Gasteiger partial charge is 0.484 e. The third kappa shape index (κ3) is 8.11. The van der Waals surface area contributed by atoms with Gasteiger partial charge in [0.25, 0.3) is 0 Å². The average molecular weight is 708 g/mol. The summed E-state index contributed by atoms with van der Waals surface area (Å²) in [7, 11) is -3.54. The molecule has 2 aromatic carbocycles. The number of carbonyl (C=O) groups excluding carboxylic acids is 1. The molecule has 46 heavy (non-hydrogen) atoms. The fourth-order valence-electron chi connectivity index (χ4n) is 6.74. The summed E-state index contributed by atoms with van der Waals surface area (Å²) < 4.78 is 77.9. The van der Waals surface area contributed by atoms with Gasteiger partial charge in [-0.25, -0.2) is 8.42 Å². The summed E-state index contributed by atoms with van der Waals surface area (Å²) in [5.74, 6) is -1.34. The van der Waals surface area contributed by atoms with Crippen molar-refractivity contribution in [1.82, 2.24) is 14.7 Å². The van der Waals surface area contributed by atoms with Crippen molar-refractivity contribution >= 4 is 38.9 Å². The van der Waals surface area contributed by atoms with Gasteiger partial charge in [-0.15, -0.1) is 0 Å². The molecule has 0 radical (unpaired) electrons. The number of rotatable bonds is 11. The summed E-state index contributed by atoms with van der Waals surface area (Å²) in [4.78, 5) is 17.3. The van der Waals surface area contributed by atoms with Gasteiger partial charge in [0.1, 0.15) is 11.9 Å². The van der Waals surface area contributed by atoms with Gasteiger partial charge in [-0.2, -0.15) is 13.2 Å². The molecule has 2 fully saturated rings. The van der Waals surface area contributed by atoms with Gasteiger partial charge in [-0.1, -0.05) is 23.2 Å². The lowest BCUT2D eigenvalue weighted by Crippen LogP contribution is -2.59. The number of likely N-dealkylation sites (tertiary alicyclic amines) is 1. The summed E-state index contributed by atoms with van der Waals surface area (Å²) in [6, 6.07) is 8.75. The van der Waals surface area contributed by atoms with Crippen LogP contribution in [-0.2, 0) is 25.8 Å². The minimum absolute atomic E-state index is 0.0231. The predicted octanol–water partition coefficient (Wildman–Crippen LogP) is 4.20. The normalized spacial score (nSPS) is 24.4. The number of carbonyl (C=O) groups is 1. The molecule has 0 aromatic heterocycles. The molecule has 9 nitrogen and oxygen atoms in total. The van der Waals surface area contributed by atoms with Crippen LogP contribution in [0.1, 0.15) is 30.6 Å². The molecule has 0 spiro atoms. The van der Waals surface area contributed by atoms with Crippen LogP contribution in [0.3, 0.4) is 0 Å². The number of ether oxygens (including phenoxy) is 2. The fraction of sp³-hybridized carbons (Fsp3) is 0.581. The highest BCUT2D eigenvalue weighted by Gasteiger charge is 2.47. The van der Waals surface area contributed by atoms with E-state index in [0.717, 1.165) is 35.5 Å². The maximum absolute atomic E-state index is 13.3. The number of piperazine rings is 1. The van der Waals surface area contributed by atoms with Crippen LogP contribution in [0.25, 0.3) is 0 Å². The van der Waals surface area contributed by atoms with Crippen molar-refractivity contribution in [3.63, 3.8) is 0 Å². The van der Waals surface area contributed by atoms with Crippen LogP contribution in [-0.4, -0.2) is 112 Å². The lowest BCUT2D eigenvalue weighted by atomic mass is 10.1. The molecule has 0 unspecified atom stereocenters. The fourth-order valence-corrected chi connectivity index (χ4v) is 8.96. The lowest BCUT2D eigenvalue weighted by molar-refractivity contribution is -0.190. The lowest BCUT2D eigenvalue weighted by Gasteiger charge is -2.43. The van der Waals surface area contributed by atoms with Crippen molar-refractivity contribution in [1.29, 1.82) is 0 Å². The van der Waals surface area contributed by atoms with Gasteiger partial charge < -0.3 is 25.0 Å². The Hall–Kier alpha value is -2.13. The third-order valence-corrected chi connectivity index (χ3v) is 11.4. The monoisotopic (exact) mass is 706 g/mol. The molecule has 0 saturated carbocycles. The van der Waals surface area contributed by atoms with Crippen LogP contribution >= 0.6 is 23.2 Å². The van der Waals surface area contributed by atoms with Crippen molar-refractivity contribution in [3.8, 4) is 5.75 Å². The number of benzene rings is 2. The summed E-state index contributed by atoms with van der Waals surface area (Å²) in [6.45, 7) is 5.73. The Morgan fingerprint density at radius 3 is 2.48 bits per heavy atom. The SMILES string of the molecule is C[C@@H]1CN([C@H]2Cc3c(Cl)cc(Cl)cc3[C@@H]2Oc2ccc(S(=O)(=O)C[C@H]3CCN(CCOCCN)C3)cc2)CCN1C(=O)C(F)(F)F. The summed E-state index contributed by atoms with van der Waals surface area (Å²) >= 11 is 12.9. The minimum atomic E-state index is -4.94. The van der Waals surface area contributed by atoms with Crippen LogP contribution in [0.5, 0.6) is 5.75 Å². The van der Waals surface area contributed by atoms with E-state index in [4.69, 9.17) is 38.4 Å². The van der Waals surface area contributed by atoms with Crippen LogP contribution in [0, 0.1) is 5.92 Å². The van der Waals surface area contributed by atoms with Crippen molar-refractivity contribution in [2.75, 3.05) is 64.8 Å². The first kappa shape index (κ1) is 35.2. The first-order chi connectivity index (χ1) is 21.8. The van der Waals surface area contributed by atoms with Crippen molar-refractivity contribution < 1.29 is 35.9 Å². The van der Waals surface area contributed by atoms with Gasteiger partial charge in [-0.05, 0) is 74.2 Å². The van der Waals surface area contributed by atoms with E-state index >= 15 is 0 Å². The number of nitrogens with two attached hydrogens (primary N) is 1. The van der Waals surface area contributed by atoms with Gasteiger partial charge >= 0.3 is 12.1 Å². The molecule has 15 heteroatoms. The number of sulfone groups is 1. The van der Waals surface area contributed by atoms with E-state index in [-0.39, 0.29) is 42.2 Å². The van der Waals surface area contributed by atoms with E-state index in [9.17, 15) is 26.4 Å². The van der Waals surface area contributed by atoms with Crippen LogP contribution in [0.2, 0.25) is 10.0 Å². The summed E-state index contributed by atoms with van der Waals surface area (Å²) in [5, 5.41) is 0.884. The Kier molecular flexibility index (Phi) is 11.1. The zero-order valence-electron chi connectivity index (χ0n) is 25.5. The predicted molar refractivity (Wildman–Crippen MR) is 169 cm³/mol. The second-order valence-corrected chi connectivity index (χ2v) is 15.1. The maximum Gasteiger partial charge on any atom is 0.471 e. The number of nitrogens with zero attached hydrogens (tertiary/aromatic N) is 3. The van der Waals surface area contributed by atoms with Gasteiger partial charge in [0, 0.05) is 60.9 Å².